The SMILES string of the molecule is CC[C@@H](NC(=O)c1cc(-c2cnn(CC)c2)nc2ccccc12)c1ccncc1. The Balaban J connectivity index is 1.74. The van der Waals surface area contributed by atoms with Gasteiger partial charge in [-0.15, -0.1) is 0 Å². The lowest BCUT2D eigenvalue weighted by Gasteiger charge is -2.18. The van der Waals surface area contributed by atoms with Crippen molar-refractivity contribution in [2.45, 2.75) is 32.9 Å². The smallest absolute Gasteiger partial charge is 0.252 e. The minimum absolute atomic E-state index is 0.0799. The lowest BCUT2D eigenvalue weighted by atomic mass is 10.0. The van der Waals surface area contributed by atoms with Crippen LogP contribution in [0.2, 0.25) is 0 Å². The third-order valence-electron chi connectivity index (χ3n) is 5.04. The van der Waals surface area contributed by atoms with E-state index in [0.717, 1.165) is 40.7 Å². The third-order valence-corrected chi connectivity index (χ3v) is 5.04. The summed E-state index contributed by atoms with van der Waals surface area (Å²) in [4.78, 5) is 22.1. The van der Waals surface area contributed by atoms with Crippen molar-refractivity contribution >= 4 is 16.8 Å². The Labute approximate surface area is 169 Å². The molecule has 1 aromatic carbocycles. The second-order valence-electron chi connectivity index (χ2n) is 6.87. The predicted molar refractivity (Wildman–Crippen MR) is 113 cm³/mol. The van der Waals surface area contributed by atoms with Crippen LogP contribution >= 0.6 is 0 Å². The van der Waals surface area contributed by atoms with E-state index in [9.17, 15) is 4.79 Å². The minimum Gasteiger partial charge on any atom is -0.345 e. The van der Waals surface area contributed by atoms with E-state index in [1.165, 1.54) is 0 Å². The number of rotatable bonds is 6. The zero-order valence-corrected chi connectivity index (χ0v) is 16.5. The Morgan fingerprint density at radius 1 is 1.14 bits per heavy atom. The Morgan fingerprint density at radius 2 is 1.93 bits per heavy atom. The Kier molecular flexibility index (Phi) is 5.33. The molecule has 0 saturated heterocycles. The molecule has 29 heavy (non-hydrogen) atoms. The summed E-state index contributed by atoms with van der Waals surface area (Å²) in [6.45, 7) is 4.87. The fourth-order valence-electron chi connectivity index (χ4n) is 3.43. The number of nitrogens with one attached hydrogen (secondary N) is 1. The number of fused-ring (bicyclic) bond motifs is 1. The molecule has 3 heterocycles. The monoisotopic (exact) mass is 385 g/mol. The van der Waals surface area contributed by atoms with Crippen LogP contribution in [-0.2, 0) is 6.54 Å². The number of nitrogens with zero attached hydrogens (tertiary/aromatic N) is 4. The molecule has 0 radical (unpaired) electrons. The van der Waals surface area contributed by atoms with Crippen LogP contribution in [0.25, 0.3) is 22.2 Å². The van der Waals surface area contributed by atoms with Gasteiger partial charge in [0.1, 0.15) is 0 Å². The number of benzene rings is 1. The first kappa shape index (κ1) is 18.8. The van der Waals surface area contributed by atoms with Gasteiger partial charge in [0.15, 0.2) is 0 Å². The van der Waals surface area contributed by atoms with Gasteiger partial charge in [0.2, 0.25) is 0 Å². The lowest BCUT2D eigenvalue weighted by Crippen LogP contribution is -2.28. The van der Waals surface area contributed by atoms with E-state index in [2.05, 4.69) is 22.3 Å². The molecule has 146 valence electrons. The summed E-state index contributed by atoms with van der Waals surface area (Å²) < 4.78 is 1.85. The zero-order chi connectivity index (χ0) is 20.2. The van der Waals surface area contributed by atoms with Crippen molar-refractivity contribution in [1.82, 2.24) is 25.1 Å². The molecule has 0 aliphatic carbocycles. The second-order valence-corrected chi connectivity index (χ2v) is 6.87. The maximum absolute atomic E-state index is 13.3. The molecule has 1 N–H and O–H groups in total. The molecule has 1 amide bonds. The van der Waals surface area contributed by atoms with Gasteiger partial charge < -0.3 is 5.32 Å². The van der Waals surface area contributed by atoms with Gasteiger partial charge >= 0.3 is 0 Å². The minimum atomic E-state index is -0.114. The topological polar surface area (TPSA) is 72.7 Å². The van der Waals surface area contributed by atoms with Gasteiger partial charge in [0.25, 0.3) is 5.91 Å². The van der Waals surface area contributed by atoms with E-state index in [0.29, 0.717) is 5.56 Å². The van der Waals surface area contributed by atoms with Crippen LogP contribution in [-0.4, -0.2) is 25.7 Å². The summed E-state index contributed by atoms with van der Waals surface area (Å²) in [6, 6.07) is 13.4. The summed E-state index contributed by atoms with van der Waals surface area (Å²) in [6.07, 6.45) is 8.01. The fourth-order valence-corrected chi connectivity index (χ4v) is 3.43. The van der Waals surface area contributed by atoms with Crippen molar-refractivity contribution in [3.63, 3.8) is 0 Å². The van der Waals surface area contributed by atoms with Crippen LogP contribution in [0.3, 0.4) is 0 Å². The number of carbonyl (C=O) groups is 1. The van der Waals surface area contributed by atoms with Gasteiger partial charge in [0, 0.05) is 36.1 Å². The molecule has 4 aromatic rings. The molecule has 3 aromatic heterocycles. The van der Waals surface area contributed by atoms with E-state index >= 15 is 0 Å². The van der Waals surface area contributed by atoms with Gasteiger partial charge in [-0.2, -0.15) is 5.10 Å². The molecule has 4 rings (SSSR count). The van der Waals surface area contributed by atoms with E-state index in [-0.39, 0.29) is 11.9 Å². The first-order valence-corrected chi connectivity index (χ1v) is 9.83. The van der Waals surface area contributed by atoms with Gasteiger partial charge in [-0.25, -0.2) is 4.98 Å². The number of hydrogen-bond donors (Lipinski definition) is 1. The van der Waals surface area contributed by atoms with Crippen molar-refractivity contribution in [2.24, 2.45) is 0 Å². The number of hydrogen-bond acceptors (Lipinski definition) is 4. The average molecular weight is 385 g/mol. The van der Waals surface area contributed by atoms with Crippen LogP contribution in [0.5, 0.6) is 0 Å². The van der Waals surface area contributed by atoms with Crippen LogP contribution in [0.4, 0.5) is 0 Å². The summed E-state index contributed by atoms with van der Waals surface area (Å²) in [7, 11) is 0. The van der Waals surface area contributed by atoms with Gasteiger partial charge in [-0.1, -0.05) is 25.1 Å². The fraction of sp³-hybridized carbons (Fsp3) is 0.217. The van der Waals surface area contributed by atoms with Crippen LogP contribution in [0.15, 0.2) is 67.3 Å². The zero-order valence-electron chi connectivity index (χ0n) is 16.5. The first-order valence-electron chi connectivity index (χ1n) is 9.83. The van der Waals surface area contributed by atoms with Crippen molar-refractivity contribution in [2.75, 3.05) is 0 Å². The summed E-state index contributed by atoms with van der Waals surface area (Å²) >= 11 is 0. The first-order chi connectivity index (χ1) is 14.2. The maximum atomic E-state index is 13.3. The van der Waals surface area contributed by atoms with E-state index in [1.54, 1.807) is 18.6 Å². The normalized spacial score (nSPS) is 12.1. The Bertz CT molecular complexity index is 1140. The van der Waals surface area contributed by atoms with Crippen molar-refractivity contribution in [3.8, 4) is 11.3 Å². The van der Waals surface area contributed by atoms with Crippen LogP contribution in [0, 0.1) is 0 Å². The Morgan fingerprint density at radius 3 is 2.66 bits per heavy atom. The van der Waals surface area contributed by atoms with E-state index in [1.807, 2.05) is 60.3 Å². The maximum Gasteiger partial charge on any atom is 0.252 e. The molecule has 1 atom stereocenters. The van der Waals surface area contributed by atoms with E-state index < -0.39 is 0 Å². The quantitative estimate of drug-likeness (QED) is 0.534. The highest BCUT2D eigenvalue weighted by molar-refractivity contribution is 6.07. The molecule has 6 nitrogen and oxygen atoms in total. The number of amides is 1. The summed E-state index contributed by atoms with van der Waals surface area (Å²) in [5, 5.41) is 8.34. The standard InChI is InChI=1S/C23H23N5O/c1-3-20(16-9-11-24-12-10-16)27-23(29)19-13-22(17-14-25-28(4-2)15-17)26-21-8-6-5-7-18(19)21/h5-15,20H,3-4H2,1-2H3,(H,27,29)/t20-/m1/s1. The van der Waals surface area contributed by atoms with Gasteiger partial charge in [-0.05, 0) is 43.2 Å². The highest BCUT2D eigenvalue weighted by Gasteiger charge is 2.18. The molecular formula is C23H23N5O. The molecule has 6 heteroatoms. The third kappa shape index (κ3) is 3.87. The summed E-state index contributed by atoms with van der Waals surface area (Å²) in [5.41, 5.74) is 4.08. The van der Waals surface area contributed by atoms with Gasteiger partial charge in [-0.3, -0.25) is 14.5 Å². The molecule has 0 unspecified atom stereocenters. The molecule has 0 bridgehead atoms. The summed E-state index contributed by atoms with van der Waals surface area (Å²) in [5.74, 6) is -0.114. The molecule has 0 fully saturated rings. The predicted octanol–water partition coefficient (Wildman–Crippen LogP) is 4.39. The average Bonchev–Trinajstić information content (AvgIpc) is 3.26. The van der Waals surface area contributed by atoms with Crippen molar-refractivity contribution < 1.29 is 4.79 Å². The molecule has 0 aliphatic heterocycles. The Hall–Kier alpha value is -3.54. The lowest BCUT2D eigenvalue weighted by molar-refractivity contribution is 0.0937. The number of carbonyl (C=O) groups excluding carboxylic acids is 1. The number of aryl methyl sites for hydroxylation is 1. The van der Waals surface area contributed by atoms with Crippen molar-refractivity contribution in [3.05, 3.63) is 78.4 Å². The molecule has 0 aliphatic rings. The molecular weight excluding hydrogens is 362 g/mol. The second kappa shape index (κ2) is 8.22. The number of pyridine rings is 2. The number of aromatic nitrogens is 4. The van der Waals surface area contributed by atoms with Crippen LogP contribution in [0.1, 0.15) is 42.2 Å². The largest absolute Gasteiger partial charge is 0.345 e. The highest BCUT2D eigenvalue weighted by Crippen LogP contribution is 2.26. The highest BCUT2D eigenvalue weighted by atomic mass is 16.1. The van der Waals surface area contributed by atoms with Gasteiger partial charge in [0.05, 0.1) is 29.0 Å². The molecule has 0 saturated carbocycles. The number of para-hydroxylation sites is 1. The van der Waals surface area contributed by atoms with Crippen LogP contribution < -0.4 is 5.32 Å². The van der Waals surface area contributed by atoms with E-state index in [4.69, 9.17) is 4.98 Å². The molecule has 0 spiro atoms. The van der Waals surface area contributed by atoms with Crippen molar-refractivity contribution in [1.29, 1.82) is 0 Å².